The van der Waals surface area contributed by atoms with Gasteiger partial charge in [0, 0.05) is 24.5 Å². The molecule has 0 unspecified atom stereocenters. The van der Waals surface area contributed by atoms with Crippen LogP contribution in [0, 0.1) is 13.8 Å². The third-order valence-corrected chi connectivity index (χ3v) is 2.22. The number of hydrogen-bond acceptors (Lipinski definition) is 4. The van der Waals surface area contributed by atoms with Crippen molar-refractivity contribution in [3.63, 3.8) is 0 Å². The van der Waals surface area contributed by atoms with E-state index in [0.29, 0.717) is 5.95 Å². The van der Waals surface area contributed by atoms with Crippen LogP contribution >= 0.6 is 0 Å². The second-order valence-corrected chi connectivity index (χ2v) is 3.63. The zero-order valence-electron chi connectivity index (χ0n) is 9.73. The van der Waals surface area contributed by atoms with Gasteiger partial charge in [0.15, 0.2) is 5.82 Å². The van der Waals surface area contributed by atoms with Crippen molar-refractivity contribution >= 4 is 5.95 Å². The molecule has 2 heterocycles. The third kappa shape index (κ3) is 2.03. The first-order valence-corrected chi connectivity index (χ1v) is 5.31. The van der Waals surface area contributed by atoms with Gasteiger partial charge in [0.1, 0.15) is 0 Å². The summed E-state index contributed by atoms with van der Waals surface area (Å²) in [5, 5.41) is 7.43. The molecule has 0 aromatic carbocycles. The lowest BCUT2D eigenvalue weighted by Gasteiger charge is -2.07. The molecule has 0 spiro atoms. The zero-order valence-corrected chi connectivity index (χ0v) is 9.73. The van der Waals surface area contributed by atoms with E-state index in [1.807, 2.05) is 33.0 Å². The number of nitrogens with one attached hydrogen (secondary N) is 1. The topological polar surface area (TPSA) is 55.6 Å². The van der Waals surface area contributed by atoms with Crippen molar-refractivity contribution in [2.75, 3.05) is 11.9 Å². The summed E-state index contributed by atoms with van der Waals surface area (Å²) in [6.45, 7) is 6.75. The maximum Gasteiger partial charge on any atom is 0.224 e. The van der Waals surface area contributed by atoms with Gasteiger partial charge >= 0.3 is 0 Å². The summed E-state index contributed by atoms with van der Waals surface area (Å²) < 4.78 is 1.77. The molecule has 5 nitrogen and oxygen atoms in total. The van der Waals surface area contributed by atoms with E-state index in [2.05, 4.69) is 20.4 Å². The van der Waals surface area contributed by atoms with E-state index < -0.39 is 0 Å². The fourth-order valence-corrected chi connectivity index (χ4v) is 1.44. The molecule has 2 rings (SSSR count). The lowest BCUT2D eigenvalue weighted by Crippen LogP contribution is -2.08. The van der Waals surface area contributed by atoms with Crippen LogP contribution in [0.2, 0.25) is 0 Å². The summed E-state index contributed by atoms with van der Waals surface area (Å²) in [7, 11) is 0. The van der Waals surface area contributed by atoms with Gasteiger partial charge in [0.05, 0.1) is 5.69 Å². The number of nitrogens with zero attached hydrogens (tertiary/aromatic N) is 4. The molecule has 0 amide bonds. The number of aryl methyl sites for hydroxylation is 2. The Balaban J connectivity index is 2.42. The summed E-state index contributed by atoms with van der Waals surface area (Å²) in [5.41, 5.74) is 1.98. The maximum atomic E-state index is 4.42. The normalized spacial score (nSPS) is 10.4. The highest BCUT2D eigenvalue weighted by molar-refractivity contribution is 5.37. The molecule has 0 bridgehead atoms. The van der Waals surface area contributed by atoms with Crippen LogP contribution in [0.1, 0.15) is 18.2 Å². The van der Waals surface area contributed by atoms with E-state index in [0.717, 1.165) is 23.6 Å². The Hall–Kier alpha value is -1.91. The van der Waals surface area contributed by atoms with Crippen LogP contribution in [0.25, 0.3) is 5.82 Å². The van der Waals surface area contributed by atoms with Crippen LogP contribution in [-0.2, 0) is 0 Å². The summed E-state index contributed by atoms with van der Waals surface area (Å²) >= 11 is 0. The summed E-state index contributed by atoms with van der Waals surface area (Å²) in [6.07, 6.45) is 3.71. The van der Waals surface area contributed by atoms with Crippen molar-refractivity contribution in [3.8, 4) is 5.82 Å². The highest BCUT2D eigenvalue weighted by Gasteiger charge is 2.06. The minimum absolute atomic E-state index is 0.635. The highest BCUT2D eigenvalue weighted by atomic mass is 15.3. The van der Waals surface area contributed by atoms with Crippen LogP contribution in [0.15, 0.2) is 18.5 Å². The molecule has 1 N–H and O–H groups in total. The fourth-order valence-electron chi connectivity index (χ4n) is 1.44. The Morgan fingerprint density at radius 3 is 2.81 bits per heavy atom. The first-order valence-electron chi connectivity index (χ1n) is 5.31. The molecule has 2 aromatic rings. The second-order valence-electron chi connectivity index (χ2n) is 3.63. The lowest BCUT2D eigenvalue weighted by molar-refractivity contribution is 0.817. The smallest absolute Gasteiger partial charge is 0.224 e. The molecule has 0 saturated heterocycles. The molecule has 0 fully saturated rings. The van der Waals surface area contributed by atoms with Crippen molar-refractivity contribution in [3.05, 3.63) is 29.7 Å². The van der Waals surface area contributed by atoms with E-state index in [1.165, 1.54) is 0 Å². The molecular weight excluding hydrogens is 202 g/mol. The average molecular weight is 217 g/mol. The van der Waals surface area contributed by atoms with Gasteiger partial charge in [0.2, 0.25) is 5.95 Å². The molecule has 2 aromatic heterocycles. The van der Waals surface area contributed by atoms with Gasteiger partial charge in [-0.2, -0.15) is 10.1 Å². The van der Waals surface area contributed by atoms with Gasteiger partial charge in [-0.25, -0.2) is 9.67 Å². The van der Waals surface area contributed by atoms with E-state index in [-0.39, 0.29) is 0 Å². The molecule has 5 heteroatoms. The van der Waals surface area contributed by atoms with Crippen LogP contribution in [0.5, 0.6) is 0 Å². The van der Waals surface area contributed by atoms with Crippen molar-refractivity contribution in [1.29, 1.82) is 0 Å². The molecule has 0 radical (unpaired) electrons. The Morgan fingerprint density at radius 1 is 1.38 bits per heavy atom. The summed E-state index contributed by atoms with van der Waals surface area (Å²) in [6, 6.07) is 1.95. The molecule has 0 saturated carbocycles. The first-order chi connectivity index (χ1) is 7.70. The van der Waals surface area contributed by atoms with Gasteiger partial charge in [-0.05, 0) is 26.8 Å². The van der Waals surface area contributed by atoms with Gasteiger partial charge in [-0.15, -0.1) is 0 Å². The van der Waals surface area contributed by atoms with Gasteiger partial charge in [0.25, 0.3) is 0 Å². The Morgan fingerprint density at radius 2 is 2.19 bits per heavy atom. The van der Waals surface area contributed by atoms with Crippen LogP contribution < -0.4 is 5.32 Å². The Labute approximate surface area is 94.5 Å². The minimum atomic E-state index is 0.635. The minimum Gasteiger partial charge on any atom is -0.354 e. The van der Waals surface area contributed by atoms with Crippen LogP contribution in [-0.4, -0.2) is 26.3 Å². The molecule has 16 heavy (non-hydrogen) atoms. The molecule has 0 aliphatic rings. The lowest BCUT2D eigenvalue weighted by atomic mass is 10.3. The van der Waals surface area contributed by atoms with Gasteiger partial charge < -0.3 is 5.32 Å². The summed E-state index contributed by atoms with van der Waals surface area (Å²) in [5.74, 6) is 1.45. The number of anilines is 1. The maximum absolute atomic E-state index is 4.42. The molecule has 0 aliphatic carbocycles. The van der Waals surface area contributed by atoms with Gasteiger partial charge in [-0.3, -0.25) is 0 Å². The van der Waals surface area contributed by atoms with Crippen molar-refractivity contribution in [1.82, 2.24) is 19.7 Å². The molecule has 0 aliphatic heterocycles. The quantitative estimate of drug-likeness (QED) is 0.850. The van der Waals surface area contributed by atoms with Crippen molar-refractivity contribution < 1.29 is 0 Å². The zero-order chi connectivity index (χ0) is 11.5. The molecule has 0 atom stereocenters. The number of hydrogen-bond donors (Lipinski definition) is 1. The van der Waals surface area contributed by atoms with E-state index in [9.17, 15) is 0 Å². The Kier molecular flexibility index (Phi) is 2.85. The number of rotatable bonds is 3. The van der Waals surface area contributed by atoms with Crippen molar-refractivity contribution in [2.24, 2.45) is 0 Å². The van der Waals surface area contributed by atoms with E-state index in [4.69, 9.17) is 0 Å². The third-order valence-electron chi connectivity index (χ3n) is 2.22. The van der Waals surface area contributed by atoms with E-state index >= 15 is 0 Å². The largest absolute Gasteiger partial charge is 0.354 e. The summed E-state index contributed by atoms with van der Waals surface area (Å²) in [4.78, 5) is 8.62. The fraction of sp³-hybridized carbons (Fsp3) is 0.364. The predicted molar refractivity (Wildman–Crippen MR) is 62.8 cm³/mol. The molecule has 84 valence electrons. The number of aromatic nitrogens is 4. The Bertz CT molecular complexity index is 489. The monoisotopic (exact) mass is 217 g/mol. The average Bonchev–Trinajstić information content (AvgIpc) is 2.68. The van der Waals surface area contributed by atoms with Crippen molar-refractivity contribution in [2.45, 2.75) is 20.8 Å². The molecular formula is C11H15N5. The van der Waals surface area contributed by atoms with Gasteiger partial charge in [-0.1, -0.05) is 0 Å². The predicted octanol–water partition coefficient (Wildman–Crippen LogP) is 1.71. The van der Waals surface area contributed by atoms with Crippen LogP contribution in [0.4, 0.5) is 5.95 Å². The second kappa shape index (κ2) is 4.30. The SMILES string of the molecule is CCNc1ncc(C)c(-n2ccc(C)n2)n1. The standard InChI is InChI=1S/C11H15N5/c1-4-12-11-13-7-8(2)10(14-11)16-6-5-9(3)15-16/h5-7H,4H2,1-3H3,(H,12,13,14). The van der Waals surface area contributed by atoms with Crippen LogP contribution in [0.3, 0.4) is 0 Å². The van der Waals surface area contributed by atoms with E-state index in [1.54, 1.807) is 10.9 Å². The highest BCUT2D eigenvalue weighted by Crippen LogP contribution is 2.11. The first kappa shape index (κ1) is 10.6.